The quantitative estimate of drug-likeness (QED) is 0.542. The van der Waals surface area contributed by atoms with Crippen LogP contribution in [0, 0.1) is 0 Å². The van der Waals surface area contributed by atoms with Crippen LogP contribution < -0.4 is 4.74 Å². The summed E-state index contributed by atoms with van der Waals surface area (Å²) in [7, 11) is -3.54. The maximum absolute atomic E-state index is 13.3. The molecule has 3 heterocycles. The van der Waals surface area contributed by atoms with Gasteiger partial charge in [0.1, 0.15) is 6.10 Å². The first-order chi connectivity index (χ1) is 16.6. The van der Waals surface area contributed by atoms with Gasteiger partial charge >= 0.3 is 0 Å². The number of piperazine rings is 1. The van der Waals surface area contributed by atoms with Gasteiger partial charge in [0.25, 0.3) is 0 Å². The lowest BCUT2D eigenvalue weighted by molar-refractivity contribution is 0.151. The fourth-order valence-electron chi connectivity index (χ4n) is 5.02. The molecule has 2 aliphatic heterocycles. The van der Waals surface area contributed by atoms with Crippen LogP contribution in [0.25, 0.3) is 11.1 Å². The maximum atomic E-state index is 13.3. The van der Waals surface area contributed by atoms with Gasteiger partial charge in [-0.15, -0.1) is 0 Å². The highest BCUT2D eigenvalue weighted by Gasteiger charge is 2.41. The lowest BCUT2D eigenvalue weighted by atomic mass is 10.1. The van der Waals surface area contributed by atoms with Gasteiger partial charge in [-0.1, -0.05) is 42.5 Å². The van der Waals surface area contributed by atoms with Crippen molar-refractivity contribution in [1.82, 2.24) is 19.2 Å². The number of hydrogen-bond donors (Lipinski definition) is 0. The van der Waals surface area contributed by atoms with Crippen molar-refractivity contribution in [1.29, 1.82) is 0 Å². The van der Waals surface area contributed by atoms with Crippen LogP contribution in [0.2, 0.25) is 0 Å². The van der Waals surface area contributed by atoms with Crippen molar-refractivity contribution in [3.05, 3.63) is 72.7 Å². The Labute approximate surface area is 200 Å². The molecule has 0 radical (unpaired) electrons. The van der Waals surface area contributed by atoms with E-state index in [1.54, 1.807) is 22.6 Å². The topological polar surface area (TPSA) is 75.6 Å². The molecule has 0 N–H and O–H groups in total. The van der Waals surface area contributed by atoms with E-state index in [1.807, 2.05) is 48.7 Å². The first-order valence-corrected chi connectivity index (χ1v) is 13.4. The number of hydrogen-bond acceptors (Lipinski definition) is 6. The molecule has 0 unspecified atom stereocenters. The molecule has 176 valence electrons. The van der Waals surface area contributed by atoms with E-state index < -0.39 is 10.0 Å². The zero-order chi connectivity index (χ0) is 23.1. The summed E-state index contributed by atoms with van der Waals surface area (Å²) in [6, 6.07) is 17.3. The van der Waals surface area contributed by atoms with Gasteiger partial charge in [-0.05, 0) is 36.1 Å². The lowest BCUT2D eigenvalue weighted by Gasteiger charge is -2.36. The largest absolute Gasteiger partial charge is 0.472 e. The fraction of sp³-hybridized carbons (Fsp3) is 0.385. The molecule has 6 rings (SSSR count). The molecule has 0 bridgehead atoms. The van der Waals surface area contributed by atoms with Crippen molar-refractivity contribution in [3.8, 4) is 17.0 Å². The van der Waals surface area contributed by atoms with Gasteiger partial charge in [0, 0.05) is 44.6 Å². The molecule has 1 aromatic heterocycles. The summed E-state index contributed by atoms with van der Waals surface area (Å²) in [5, 5.41) is 0. The molecule has 3 fully saturated rings. The van der Waals surface area contributed by atoms with Gasteiger partial charge in [0.2, 0.25) is 15.9 Å². The first kappa shape index (κ1) is 21.7. The minimum atomic E-state index is -3.54. The molecule has 3 aromatic rings. The second-order valence-electron chi connectivity index (χ2n) is 9.43. The molecule has 2 aromatic carbocycles. The van der Waals surface area contributed by atoms with E-state index in [4.69, 9.17) is 4.74 Å². The number of nitrogens with zero attached hydrogens (tertiary/aromatic N) is 4. The van der Waals surface area contributed by atoms with Gasteiger partial charge in [-0.25, -0.2) is 13.4 Å². The van der Waals surface area contributed by atoms with Gasteiger partial charge in [0.15, 0.2) is 0 Å². The monoisotopic (exact) mass is 476 g/mol. The van der Waals surface area contributed by atoms with Gasteiger partial charge < -0.3 is 4.74 Å². The summed E-state index contributed by atoms with van der Waals surface area (Å²) in [5.41, 5.74) is 3.13. The number of rotatable bonds is 6. The van der Waals surface area contributed by atoms with Crippen molar-refractivity contribution in [2.75, 3.05) is 26.2 Å². The zero-order valence-corrected chi connectivity index (χ0v) is 19.8. The van der Waals surface area contributed by atoms with Gasteiger partial charge in [-0.2, -0.15) is 4.31 Å². The Morgan fingerprint density at radius 1 is 0.853 bits per heavy atom. The highest BCUT2D eigenvalue weighted by molar-refractivity contribution is 7.89. The van der Waals surface area contributed by atoms with Crippen LogP contribution in [-0.2, 0) is 10.0 Å². The highest BCUT2D eigenvalue weighted by atomic mass is 32.2. The molecule has 3 aliphatic rings. The Morgan fingerprint density at radius 3 is 2.32 bits per heavy atom. The Balaban J connectivity index is 1.10. The number of benzene rings is 2. The molecule has 8 heteroatoms. The summed E-state index contributed by atoms with van der Waals surface area (Å²) >= 11 is 0. The van der Waals surface area contributed by atoms with Crippen LogP contribution in [-0.4, -0.2) is 65.9 Å². The molecule has 34 heavy (non-hydrogen) atoms. The molecule has 1 saturated carbocycles. The van der Waals surface area contributed by atoms with Crippen LogP contribution in [0.4, 0.5) is 0 Å². The summed E-state index contributed by atoms with van der Waals surface area (Å²) in [6.07, 6.45) is 6.73. The molecule has 7 nitrogen and oxygen atoms in total. The maximum Gasteiger partial charge on any atom is 0.243 e. The van der Waals surface area contributed by atoms with E-state index in [0.717, 1.165) is 29.8 Å². The Morgan fingerprint density at radius 2 is 1.62 bits per heavy atom. The minimum absolute atomic E-state index is 0.00103. The number of aromatic nitrogens is 2. The highest BCUT2D eigenvalue weighted by Crippen LogP contribution is 2.38. The van der Waals surface area contributed by atoms with Crippen molar-refractivity contribution in [2.45, 2.75) is 42.2 Å². The minimum Gasteiger partial charge on any atom is -0.472 e. The third-order valence-electron chi connectivity index (χ3n) is 7.07. The van der Waals surface area contributed by atoms with Crippen LogP contribution in [0.1, 0.15) is 30.9 Å². The SMILES string of the molecule is O=S(=O)(c1ccc(-c2ccccc2)cc1)N1CCN2C[C@H](Oc3cnc(C4CC4)cn3)C[C@H]2C1. The second kappa shape index (κ2) is 8.76. The van der Waals surface area contributed by atoms with Crippen LogP contribution in [0.3, 0.4) is 0 Å². The van der Waals surface area contributed by atoms with E-state index in [-0.39, 0.29) is 12.1 Å². The normalized spacial score (nSPS) is 23.5. The average Bonchev–Trinajstić information content (AvgIpc) is 3.64. The molecule has 0 amide bonds. The van der Waals surface area contributed by atoms with E-state index in [0.29, 0.717) is 36.3 Å². The van der Waals surface area contributed by atoms with Crippen LogP contribution in [0.15, 0.2) is 71.9 Å². The number of fused-ring (bicyclic) bond motifs is 1. The first-order valence-electron chi connectivity index (χ1n) is 11.9. The molecule has 0 spiro atoms. The summed E-state index contributed by atoms with van der Waals surface area (Å²) in [4.78, 5) is 11.6. The summed E-state index contributed by atoms with van der Waals surface area (Å²) in [5.74, 6) is 1.13. The lowest BCUT2D eigenvalue weighted by Crippen LogP contribution is -2.51. The van der Waals surface area contributed by atoms with Gasteiger partial charge in [0.05, 0.1) is 23.0 Å². The van der Waals surface area contributed by atoms with E-state index in [1.165, 1.54) is 12.8 Å². The molecular formula is C26H28N4O3S. The Hall–Kier alpha value is -2.81. The van der Waals surface area contributed by atoms with Crippen LogP contribution >= 0.6 is 0 Å². The number of ether oxygens (including phenoxy) is 1. The second-order valence-corrected chi connectivity index (χ2v) is 11.4. The smallest absolute Gasteiger partial charge is 0.243 e. The zero-order valence-electron chi connectivity index (χ0n) is 19.0. The molecular weight excluding hydrogens is 448 g/mol. The van der Waals surface area contributed by atoms with Gasteiger partial charge in [-0.3, -0.25) is 9.88 Å². The van der Waals surface area contributed by atoms with Crippen LogP contribution in [0.5, 0.6) is 5.88 Å². The standard InChI is InChI=1S/C26H28N4O3S/c31-34(32,24-10-8-20(9-11-24)19-4-2-1-3-5-19)30-13-12-29-18-23(14-22(29)17-30)33-26-16-27-25(15-28-26)21-6-7-21/h1-5,8-11,15-16,21-23H,6-7,12-14,17-18H2/t22-,23+/m0/s1. The summed E-state index contributed by atoms with van der Waals surface area (Å²) < 4.78 is 34.4. The number of sulfonamides is 1. The summed E-state index contributed by atoms with van der Waals surface area (Å²) in [6.45, 7) is 2.46. The molecule has 1 aliphatic carbocycles. The third-order valence-corrected chi connectivity index (χ3v) is 8.95. The molecule has 2 saturated heterocycles. The average molecular weight is 477 g/mol. The van der Waals surface area contributed by atoms with E-state index >= 15 is 0 Å². The van der Waals surface area contributed by atoms with Crippen molar-refractivity contribution in [2.24, 2.45) is 0 Å². The fourth-order valence-corrected chi connectivity index (χ4v) is 6.49. The Kier molecular flexibility index (Phi) is 5.59. The van der Waals surface area contributed by atoms with E-state index in [9.17, 15) is 8.42 Å². The molecule has 2 atom stereocenters. The predicted molar refractivity (Wildman–Crippen MR) is 129 cm³/mol. The predicted octanol–water partition coefficient (Wildman–Crippen LogP) is 3.55. The van der Waals surface area contributed by atoms with E-state index in [2.05, 4.69) is 14.9 Å². The third kappa shape index (κ3) is 4.33. The van der Waals surface area contributed by atoms with Crippen molar-refractivity contribution in [3.63, 3.8) is 0 Å². The Bertz CT molecular complexity index is 1250. The van der Waals surface area contributed by atoms with Crippen molar-refractivity contribution >= 4 is 10.0 Å². The van der Waals surface area contributed by atoms with Crippen molar-refractivity contribution < 1.29 is 13.2 Å².